The molecule has 0 radical (unpaired) electrons. The highest BCUT2D eigenvalue weighted by atomic mass is 35.5. The number of rotatable bonds is 1. The Morgan fingerprint density at radius 1 is 1.27 bits per heavy atom. The maximum atomic E-state index is 5.56. The molecular formula is C9H12Cl2N4. The van der Waals surface area contributed by atoms with Crippen molar-refractivity contribution < 1.29 is 0 Å². The number of nitrogen functional groups attached to an aromatic ring is 1. The van der Waals surface area contributed by atoms with E-state index in [4.69, 9.17) is 5.73 Å². The van der Waals surface area contributed by atoms with E-state index < -0.39 is 0 Å². The fourth-order valence-electron chi connectivity index (χ4n) is 1.17. The monoisotopic (exact) mass is 246 g/mol. The van der Waals surface area contributed by atoms with E-state index in [9.17, 15) is 0 Å². The van der Waals surface area contributed by atoms with E-state index in [1.807, 2.05) is 25.4 Å². The van der Waals surface area contributed by atoms with E-state index in [1.165, 1.54) is 0 Å². The molecule has 2 aromatic heterocycles. The predicted octanol–water partition coefficient (Wildman–Crippen LogP) is 1.91. The molecule has 0 aliphatic carbocycles. The predicted molar refractivity (Wildman–Crippen MR) is 65.3 cm³/mol. The van der Waals surface area contributed by atoms with E-state index >= 15 is 0 Å². The van der Waals surface area contributed by atoms with Gasteiger partial charge in [-0.1, -0.05) is 6.07 Å². The van der Waals surface area contributed by atoms with Gasteiger partial charge in [0, 0.05) is 18.8 Å². The molecule has 0 aliphatic rings. The van der Waals surface area contributed by atoms with Gasteiger partial charge in [0.15, 0.2) is 0 Å². The van der Waals surface area contributed by atoms with Crippen LogP contribution in [-0.2, 0) is 7.05 Å². The zero-order valence-electron chi connectivity index (χ0n) is 8.12. The average molecular weight is 247 g/mol. The van der Waals surface area contributed by atoms with E-state index in [-0.39, 0.29) is 24.8 Å². The van der Waals surface area contributed by atoms with Crippen LogP contribution in [0.3, 0.4) is 0 Å². The Labute approximate surface area is 100 Å². The van der Waals surface area contributed by atoms with Gasteiger partial charge in [-0.2, -0.15) is 5.10 Å². The lowest BCUT2D eigenvalue weighted by Crippen LogP contribution is -1.90. The van der Waals surface area contributed by atoms with Crippen molar-refractivity contribution in [2.45, 2.75) is 0 Å². The number of nitrogens with two attached hydrogens (primary N) is 1. The molecule has 0 bridgehead atoms. The molecule has 0 saturated heterocycles. The Kier molecular flexibility index (Phi) is 5.11. The van der Waals surface area contributed by atoms with Crippen LogP contribution in [0.5, 0.6) is 0 Å². The molecule has 0 fully saturated rings. The van der Waals surface area contributed by atoms with Gasteiger partial charge in [-0.15, -0.1) is 24.8 Å². The highest BCUT2D eigenvalue weighted by molar-refractivity contribution is 5.85. The molecule has 6 heteroatoms. The maximum Gasteiger partial charge on any atom is 0.124 e. The topological polar surface area (TPSA) is 56.7 Å². The summed E-state index contributed by atoms with van der Waals surface area (Å²) in [6, 6.07) is 5.55. The highest BCUT2D eigenvalue weighted by Gasteiger charge is 2.00. The van der Waals surface area contributed by atoms with Crippen molar-refractivity contribution >= 4 is 30.6 Å². The van der Waals surface area contributed by atoms with Crippen LogP contribution >= 0.6 is 24.8 Å². The second-order valence-electron chi connectivity index (χ2n) is 2.85. The van der Waals surface area contributed by atoms with Crippen LogP contribution in [0.15, 0.2) is 30.6 Å². The summed E-state index contributed by atoms with van der Waals surface area (Å²) >= 11 is 0. The molecule has 82 valence electrons. The minimum atomic E-state index is 0. The summed E-state index contributed by atoms with van der Waals surface area (Å²) in [7, 11) is 1.87. The van der Waals surface area contributed by atoms with Crippen LogP contribution in [0.2, 0.25) is 0 Å². The molecule has 2 N–H and O–H groups in total. The van der Waals surface area contributed by atoms with Gasteiger partial charge in [0.2, 0.25) is 0 Å². The molecule has 0 saturated carbocycles. The number of aryl methyl sites for hydroxylation is 1. The number of hydrogen-bond acceptors (Lipinski definition) is 3. The number of nitrogens with zero attached hydrogens (tertiary/aromatic N) is 3. The first-order valence-corrected chi connectivity index (χ1v) is 3.97. The summed E-state index contributed by atoms with van der Waals surface area (Å²) in [5.41, 5.74) is 7.40. The van der Waals surface area contributed by atoms with Gasteiger partial charge in [-0.3, -0.25) is 4.68 Å². The Balaban J connectivity index is 0.000000980. The van der Waals surface area contributed by atoms with E-state index in [0.29, 0.717) is 5.82 Å². The third kappa shape index (κ3) is 3.11. The van der Waals surface area contributed by atoms with Crippen LogP contribution in [0.1, 0.15) is 0 Å². The molecule has 2 rings (SSSR count). The molecule has 0 amide bonds. The van der Waals surface area contributed by atoms with Gasteiger partial charge in [-0.25, -0.2) is 4.98 Å². The molecule has 0 atom stereocenters. The highest BCUT2D eigenvalue weighted by Crippen LogP contribution is 2.15. The lowest BCUT2D eigenvalue weighted by atomic mass is 10.2. The second-order valence-corrected chi connectivity index (χ2v) is 2.85. The van der Waals surface area contributed by atoms with Crippen LogP contribution in [0, 0.1) is 0 Å². The molecule has 0 aromatic carbocycles. The van der Waals surface area contributed by atoms with E-state index in [2.05, 4.69) is 10.1 Å². The molecule has 2 heterocycles. The standard InChI is InChI=1S/C9H10N4.2ClH/c1-13-6-7(5-11-13)8-3-2-4-9(10)12-8;;/h2-6H,1H3,(H2,10,12);2*1H. The smallest absolute Gasteiger partial charge is 0.124 e. The zero-order valence-corrected chi connectivity index (χ0v) is 9.76. The molecular weight excluding hydrogens is 235 g/mol. The van der Waals surface area contributed by atoms with Crippen molar-refractivity contribution in [3.05, 3.63) is 30.6 Å². The quantitative estimate of drug-likeness (QED) is 0.837. The first-order valence-electron chi connectivity index (χ1n) is 3.97. The van der Waals surface area contributed by atoms with Gasteiger partial charge >= 0.3 is 0 Å². The van der Waals surface area contributed by atoms with Crippen LogP contribution in [-0.4, -0.2) is 14.8 Å². The Morgan fingerprint density at radius 2 is 2.00 bits per heavy atom. The number of hydrogen-bond donors (Lipinski definition) is 1. The summed E-state index contributed by atoms with van der Waals surface area (Å²) < 4.78 is 1.74. The average Bonchev–Trinajstić information content (AvgIpc) is 2.52. The van der Waals surface area contributed by atoms with E-state index in [1.54, 1.807) is 16.9 Å². The summed E-state index contributed by atoms with van der Waals surface area (Å²) in [6.45, 7) is 0. The van der Waals surface area contributed by atoms with Gasteiger partial charge in [-0.05, 0) is 12.1 Å². The first kappa shape index (κ1) is 13.7. The van der Waals surface area contributed by atoms with Crippen molar-refractivity contribution in [1.29, 1.82) is 0 Å². The number of aromatic nitrogens is 3. The third-order valence-corrected chi connectivity index (χ3v) is 1.77. The van der Waals surface area contributed by atoms with Crippen molar-refractivity contribution in [3.63, 3.8) is 0 Å². The summed E-state index contributed by atoms with van der Waals surface area (Å²) in [5, 5.41) is 4.06. The van der Waals surface area contributed by atoms with Crippen molar-refractivity contribution in [2.75, 3.05) is 5.73 Å². The molecule has 4 nitrogen and oxygen atoms in total. The van der Waals surface area contributed by atoms with E-state index in [0.717, 1.165) is 11.3 Å². The van der Waals surface area contributed by atoms with Crippen LogP contribution < -0.4 is 5.73 Å². The largest absolute Gasteiger partial charge is 0.384 e. The lowest BCUT2D eigenvalue weighted by Gasteiger charge is -1.96. The normalized spacial score (nSPS) is 8.87. The molecule has 15 heavy (non-hydrogen) atoms. The number of halogens is 2. The number of pyridine rings is 1. The zero-order chi connectivity index (χ0) is 9.26. The molecule has 2 aromatic rings. The fourth-order valence-corrected chi connectivity index (χ4v) is 1.17. The van der Waals surface area contributed by atoms with Crippen molar-refractivity contribution in [3.8, 4) is 11.3 Å². The second kappa shape index (κ2) is 5.58. The van der Waals surface area contributed by atoms with Crippen LogP contribution in [0.4, 0.5) is 5.82 Å². The summed E-state index contributed by atoms with van der Waals surface area (Å²) in [6.07, 6.45) is 3.67. The number of anilines is 1. The third-order valence-electron chi connectivity index (χ3n) is 1.77. The summed E-state index contributed by atoms with van der Waals surface area (Å²) in [4.78, 5) is 4.18. The van der Waals surface area contributed by atoms with Gasteiger partial charge < -0.3 is 5.73 Å². The Morgan fingerprint density at radius 3 is 2.53 bits per heavy atom. The Bertz CT molecular complexity index is 428. The minimum absolute atomic E-state index is 0. The summed E-state index contributed by atoms with van der Waals surface area (Å²) in [5.74, 6) is 0.529. The molecule has 0 unspecified atom stereocenters. The van der Waals surface area contributed by atoms with Gasteiger partial charge in [0.05, 0.1) is 11.9 Å². The van der Waals surface area contributed by atoms with Crippen molar-refractivity contribution in [2.24, 2.45) is 7.05 Å². The minimum Gasteiger partial charge on any atom is -0.384 e. The SMILES string of the molecule is Cl.Cl.Cn1cc(-c2cccc(N)n2)cn1. The fraction of sp³-hybridized carbons (Fsp3) is 0.111. The Hall–Kier alpha value is -1.26. The van der Waals surface area contributed by atoms with Crippen molar-refractivity contribution in [1.82, 2.24) is 14.8 Å². The van der Waals surface area contributed by atoms with Gasteiger partial charge in [0.1, 0.15) is 5.82 Å². The van der Waals surface area contributed by atoms with Crippen LogP contribution in [0.25, 0.3) is 11.3 Å². The molecule has 0 spiro atoms. The maximum absolute atomic E-state index is 5.56. The van der Waals surface area contributed by atoms with Gasteiger partial charge in [0.25, 0.3) is 0 Å². The lowest BCUT2D eigenvalue weighted by molar-refractivity contribution is 0.768. The molecule has 0 aliphatic heterocycles. The first-order chi connectivity index (χ1) is 6.25.